The van der Waals surface area contributed by atoms with Crippen molar-refractivity contribution in [1.29, 1.82) is 0 Å². The molecule has 0 radical (unpaired) electrons. The standard InChI is InChI=1S/C14H19NO/c1-10-5-6-11-3-2-4-12(13(11)16-10)9-14(15)7-8-14/h2-4,10H,5-9,15H2,1H3. The summed E-state index contributed by atoms with van der Waals surface area (Å²) in [4.78, 5) is 0. The molecule has 2 aliphatic rings. The topological polar surface area (TPSA) is 35.2 Å². The molecule has 3 rings (SSSR count). The second-order valence-corrected chi connectivity index (χ2v) is 5.41. The summed E-state index contributed by atoms with van der Waals surface area (Å²) < 4.78 is 5.98. The first-order chi connectivity index (χ1) is 7.66. The molecule has 1 aliphatic carbocycles. The number of hydrogen-bond acceptors (Lipinski definition) is 2. The van der Waals surface area contributed by atoms with Crippen molar-refractivity contribution >= 4 is 0 Å². The highest BCUT2D eigenvalue weighted by Crippen LogP contribution is 2.40. The third-order valence-electron chi connectivity index (χ3n) is 3.75. The van der Waals surface area contributed by atoms with Crippen LogP contribution in [0.1, 0.15) is 37.3 Å². The van der Waals surface area contributed by atoms with Gasteiger partial charge in [-0.2, -0.15) is 0 Å². The maximum atomic E-state index is 6.19. The number of nitrogens with two attached hydrogens (primary N) is 1. The van der Waals surface area contributed by atoms with Crippen molar-refractivity contribution in [3.8, 4) is 5.75 Å². The summed E-state index contributed by atoms with van der Waals surface area (Å²) in [7, 11) is 0. The average Bonchev–Trinajstić information content (AvgIpc) is 2.97. The van der Waals surface area contributed by atoms with Gasteiger partial charge < -0.3 is 10.5 Å². The molecule has 0 spiro atoms. The van der Waals surface area contributed by atoms with Gasteiger partial charge in [0.1, 0.15) is 5.75 Å². The number of benzene rings is 1. The van der Waals surface area contributed by atoms with Gasteiger partial charge in [-0.05, 0) is 50.2 Å². The lowest BCUT2D eigenvalue weighted by Crippen LogP contribution is -2.26. The molecular weight excluding hydrogens is 198 g/mol. The predicted molar refractivity (Wildman–Crippen MR) is 64.7 cm³/mol. The van der Waals surface area contributed by atoms with Crippen molar-refractivity contribution < 1.29 is 4.74 Å². The number of ether oxygens (including phenoxy) is 1. The molecule has 2 N–H and O–H groups in total. The number of rotatable bonds is 2. The maximum Gasteiger partial charge on any atom is 0.126 e. The Morgan fingerprint density at radius 3 is 3.00 bits per heavy atom. The molecule has 0 saturated heterocycles. The van der Waals surface area contributed by atoms with Crippen LogP contribution in [0.5, 0.6) is 5.75 Å². The lowest BCUT2D eigenvalue weighted by Gasteiger charge is -2.26. The molecule has 1 saturated carbocycles. The number of fused-ring (bicyclic) bond motifs is 1. The number of aryl methyl sites for hydroxylation is 1. The van der Waals surface area contributed by atoms with Crippen molar-refractivity contribution in [2.45, 2.75) is 50.7 Å². The molecule has 1 aliphatic heterocycles. The Kier molecular flexibility index (Phi) is 2.21. The van der Waals surface area contributed by atoms with Crippen LogP contribution in [0.4, 0.5) is 0 Å². The summed E-state index contributed by atoms with van der Waals surface area (Å²) in [6.45, 7) is 2.15. The molecule has 86 valence electrons. The van der Waals surface area contributed by atoms with Crippen LogP contribution in [-0.2, 0) is 12.8 Å². The van der Waals surface area contributed by atoms with E-state index in [9.17, 15) is 0 Å². The average molecular weight is 217 g/mol. The number of para-hydroxylation sites is 1. The van der Waals surface area contributed by atoms with E-state index in [-0.39, 0.29) is 5.54 Å². The molecule has 1 unspecified atom stereocenters. The Bertz CT molecular complexity index is 409. The van der Waals surface area contributed by atoms with Gasteiger partial charge in [0, 0.05) is 5.54 Å². The predicted octanol–water partition coefficient (Wildman–Crippen LogP) is 2.43. The molecular formula is C14H19NO. The maximum absolute atomic E-state index is 6.19. The molecule has 2 nitrogen and oxygen atoms in total. The summed E-state index contributed by atoms with van der Waals surface area (Å²) in [5, 5.41) is 0. The minimum Gasteiger partial charge on any atom is -0.490 e. The zero-order chi connectivity index (χ0) is 11.2. The van der Waals surface area contributed by atoms with Gasteiger partial charge in [0.25, 0.3) is 0 Å². The zero-order valence-corrected chi connectivity index (χ0v) is 9.83. The first-order valence-corrected chi connectivity index (χ1v) is 6.23. The SMILES string of the molecule is CC1CCc2cccc(CC3(N)CC3)c2O1. The molecule has 1 fully saturated rings. The summed E-state index contributed by atoms with van der Waals surface area (Å²) in [6.07, 6.45) is 5.91. The van der Waals surface area contributed by atoms with E-state index in [1.54, 1.807) is 0 Å². The van der Waals surface area contributed by atoms with E-state index < -0.39 is 0 Å². The highest BCUT2D eigenvalue weighted by atomic mass is 16.5. The van der Waals surface area contributed by atoms with Gasteiger partial charge in [-0.25, -0.2) is 0 Å². The van der Waals surface area contributed by atoms with Crippen LogP contribution >= 0.6 is 0 Å². The van der Waals surface area contributed by atoms with Gasteiger partial charge in [-0.1, -0.05) is 18.2 Å². The Hall–Kier alpha value is -1.02. The van der Waals surface area contributed by atoms with Gasteiger partial charge in [-0.15, -0.1) is 0 Å². The quantitative estimate of drug-likeness (QED) is 0.825. The van der Waals surface area contributed by atoms with Gasteiger partial charge in [0.2, 0.25) is 0 Å². The van der Waals surface area contributed by atoms with Crippen molar-refractivity contribution in [3.05, 3.63) is 29.3 Å². The lowest BCUT2D eigenvalue weighted by atomic mass is 9.96. The second kappa shape index (κ2) is 3.49. The van der Waals surface area contributed by atoms with E-state index in [4.69, 9.17) is 10.5 Å². The van der Waals surface area contributed by atoms with E-state index in [2.05, 4.69) is 25.1 Å². The highest BCUT2D eigenvalue weighted by Gasteiger charge is 2.39. The van der Waals surface area contributed by atoms with Crippen molar-refractivity contribution in [2.24, 2.45) is 5.73 Å². The van der Waals surface area contributed by atoms with Crippen LogP contribution in [0, 0.1) is 0 Å². The summed E-state index contributed by atoms with van der Waals surface area (Å²) >= 11 is 0. The minimum atomic E-state index is 0.0686. The summed E-state index contributed by atoms with van der Waals surface area (Å²) in [6, 6.07) is 6.49. The molecule has 16 heavy (non-hydrogen) atoms. The molecule has 1 atom stereocenters. The molecule has 1 heterocycles. The molecule has 1 aromatic carbocycles. The van der Waals surface area contributed by atoms with Crippen molar-refractivity contribution in [2.75, 3.05) is 0 Å². The van der Waals surface area contributed by atoms with Gasteiger partial charge >= 0.3 is 0 Å². The van der Waals surface area contributed by atoms with Crippen molar-refractivity contribution in [1.82, 2.24) is 0 Å². The summed E-state index contributed by atoms with van der Waals surface area (Å²) in [5.41, 5.74) is 8.93. The fourth-order valence-electron chi connectivity index (χ4n) is 2.46. The van der Waals surface area contributed by atoms with E-state index >= 15 is 0 Å². The molecule has 2 heteroatoms. The number of hydrogen-bond donors (Lipinski definition) is 1. The monoisotopic (exact) mass is 217 g/mol. The van der Waals surface area contributed by atoms with E-state index in [0.29, 0.717) is 6.10 Å². The first-order valence-electron chi connectivity index (χ1n) is 6.23. The lowest BCUT2D eigenvalue weighted by molar-refractivity contribution is 0.190. The summed E-state index contributed by atoms with van der Waals surface area (Å²) in [5.74, 6) is 1.12. The Morgan fingerprint density at radius 1 is 1.44 bits per heavy atom. The fraction of sp³-hybridized carbons (Fsp3) is 0.571. The first kappa shape index (κ1) is 10.2. The third-order valence-corrected chi connectivity index (χ3v) is 3.75. The Labute approximate surface area is 96.8 Å². The smallest absolute Gasteiger partial charge is 0.126 e. The fourth-order valence-corrected chi connectivity index (χ4v) is 2.46. The molecule has 1 aromatic rings. The van der Waals surface area contributed by atoms with Gasteiger partial charge in [0.15, 0.2) is 0 Å². The van der Waals surface area contributed by atoms with Crippen LogP contribution < -0.4 is 10.5 Å². The van der Waals surface area contributed by atoms with Crippen LogP contribution in [0.15, 0.2) is 18.2 Å². The minimum absolute atomic E-state index is 0.0686. The van der Waals surface area contributed by atoms with Crippen LogP contribution in [0.2, 0.25) is 0 Å². The third kappa shape index (κ3) is 1.82. The zero-order valence-electron chi connectivity index (χ0n) is 9.83. The molecule has 0 aromatic heterocycles. The van der Waals surface area contributed by atoms with Gasteiger partial charge in [-0.3, -0.25) is 0 Å². The van der Waals surface area contributed by atoms with E-state index in [0.717, 1.165) is 37.9 Å². The Morgan fingerprint density at radius 2 is 2.25 bits per heavy atom. The van der Waals surface area contributed by atoms with Crippen molar-refractivity contribution in [3.63, 3.8) is 0 Å². The molecule has 0 amide bonds. The van der Waals surface area contributed by atoms with Crippen LogP contribution in [-0.4, -0.2) is 11.6 Å². The van der Waals surface area contributed by atoms with Gasteiger partial charge in [0.05, 0.1) is 6.10 Å². The second-order valence-electron chi connectivity index (χ2n) is 5.41. The highest BCUT2D eigenvalue weighted by molar-refractivity contribution is 5.44. The largest absolute Gasteiger partial charge is 0.490 e. The van der Waals surface area contributed by atoms with E-state index in [1.807, 2.05) is 0 Å². The van der Waals surface area contributed by atoms with E-state index in [1.165, 1.54) is 11.1 Å². The molecule has 0 bridgehead atoms. The normalized spacial score (nSPS) is 25.8. The van der Waals surface area contributed by atoms with Crippen LogP contribution in [0.3, 0.4) is 0 Å². The Balaban J connectivity index is 1.92. The van der Waals surface area contributed by atoms with Crippen LogP contribution in [0.25, 0.3) is 0 Å².